The minimum atomic E-state index is -0.00641. The van der Waals surface area contributed by atoms with Gasteiger partial charge in [-0.2, -0.15) is 0 Å². The number of rotatable bonds is 3. The van der Waals surface area contributed by atoms with Crippen molar-refractivity contribution < 1.29 is 9.32 Å². The number of hydrogen-bond acceptors (Lipinski definition) is 4. The molecule has 1 N–H and O–H groups in total. The van der Waals surface area contributed by atoms with Crippen LogP contribution in [0.25, 0.3) is 11.0 Å². The van der Waals surface area contributed by atoms with E-state index in [1.807, 2.05) is 42.2 Å². The maximum atomic E-state index is 12.7. The molecule has 23 heavy (non-hydrogen) atoms. The molecule has 1 saturated heterocycles. The number of carbonyl (C=O) groups is 1. The molecule has 4 rings (SSSR count). The highest BCUT2D eigenvalue weighted by atomic mass is 16.5. The summed E-state index contributed by atoms with van der Waals surface area (Å²) in [5.41, 5.74) is 2.69. The van der Waals surface area contributed by atoms with Gasteiger partial charge in [-0.15, -0.1) is 0 Å². The van der Waals surface area contributed by atoms with E-state index in [4.69, 9.17) is 4.52 Å². The number of aromatic nitrogens is 3. The fourth-order valence-corrected chi connectivity index (χ4v) is 3.24. The van der Waals surface area contributed by atoms with Crippen molar-refractivity contribution in [3.8, 4) is 0 Å². The van der Waals surface area contributed by atoms with Gasteiger partial charge in [0.05, 0.1) is 29.2 Å². The van der Waals surface area contributed by atoms with Crippen LogP contribution >= 0.6 is 0 Å². The number of likely N-dealkylation sites (tertiary alicyclic amines) is 1. The van der Waals surface area contributed by atoms with Crippen molar-refractivity contribution in [2.45, 2.75) is 32.2 Å². The molecule has 3 heterocycles. The zero-order valence-corrected chi connectivity index (χ0v) is 13.0. The Kier molecular flexibility index (Phi) is 3.37. The Morgan fingerprint density at radius 3 is 3.09 bits per heavy atom. The smallest absolute Gasteiger partial charge is 0.230 e. The van der Waals surface area contributed by atoms with Crippen molar-refractivity contribution in [3.05, 3.63) is 47.6 Å². The van der Waals surface area contributed by atoms with Crippen molar-refractivity contribution in [1.29, 1.82) is 0 Å². The summed E-state index contributed by atoms with van der Waals surface area (Å²) in [4.78, 5) is 22.3. The molecule has 1 aromatic carbocycles. The van der Waals surface area contributed by atoms with E-state index in [0.29, 0.717) is 5.82 Å². The lowest BCUT2D eigenvalue weighted by molar-refractivity contribution is -0.131. The predicted molar refractivity (Wildman–Crippen MR) is 84.7 cm³/mol. The van der Waals surface area contributed by atoms with Crippen LogP contribution in [0.4, 0.5) is 0 Å². The molecular formula is C17H18N4O2. The monoisotopic (exact) mass is 310 g/mol. The van der Waals surface area contributed by atoms with Crippen molar-refractivity contribution in [2.75, 3.05) is 6.54 Å². The number of hydrogen-bond donors (Lipinski definition) is 1. The van der Waals surface area contributed by atoms with E-state index in [1.165, 1.54) is 0 Å². The van der Waals surface area contributed by atoms with Crippen LogP contribution in [-0.2, 0) is 11.2 Å². The van der Waals surface area contributed by atoms with Gasteiger partial charge in [-0.25, -0.2) is 4.98 Å². The first-order valence-corrected chi connectivity index (χ1v) is 7.87. The number of imidazole rings is 1. The third-order valence-electron chi connectivity index (χ3n) is 4.30. The molecule has 118 valence electrons. The number of nitrogens with one attached hydrogen (secondary N) is 1. The molecule has 1 fully saturated rings. The molecular weight excluding hydrogens is 292 g/mol. The molecule has 0 saturated carbocycles. The van der Waals surface area contributed by atoms with Crippen molar-refractivity contribution >= 4 is 16.9 Å². The normalized spacial score (nSPS) is 18.0. The van der Waals surface area contributed by atoms with Gasteiger partial charge in [0.25, 0.3) is 0 Å². The standard InChI is InChI=1S/C17H18N4O2/c1-11-9-15(23-20-11)14-7-4-8-21(14)17(22)10-16-18-12-5-2-3-6-13(12)19-16/h2-3,5-6,9,14H,4,7-8,10H2,1H3,(H,18,19). The Morgan fingerprint density at radius 1 is 1.43 bits per heavy atom. The Labute approximate surface area is 133 Å². The van der Waals surface area contributed by atoms with Gasteiger partial charge in [0.1, 0.15) is 5.82 Å². The molecule has 2 aromatic heterocycles. The van der Waals surface area contributed by atoms with Crippen LogP contribution in [0, 0.1) is 6.92 Å². The minimum absolute atomic E-state index is 0.00641. The van der Waals surface area contributed by atoms with Gasteiger partial charge < -0.3 is 14.4 Å². The van der Waals surface area contributed by atoms with E-state index in [-0.39, 0.29) is 18.4 Å². The molecule has 1 aliphatic heterocycles. The second-order valence-corrected chi connectivity index (χ2v) is 5.99. The molecule has 1 unspecified atom stereocenters. The first kappa shape index (κ1) is 14.0. The number of fused-ring (bicyclic) bond motifs is 1. The molecule has 1 atom stereocenters. The van der Waals surface area contributed by atoms with Crippen molar-refractivity contribution in [3.63, 3.8) is 0 Å². The maximum Gasteiger partial charge on any atom is 0.230 e. The fraction of sp³-hybridized carbons (Fsp3) is 0.353. The number of aryl methyl sites for hydroxylation is 1. The molecule has 3 aromatic rings. The summed E-state index contributed by atoms with van der Waals surface area (Å²) in [6.45, 7) is 2.64. The van der Waals surface area contributed by atoms with E-state index in [1.54, 1.807) is 0 Å². The number of H-pyrrole nitrogens is 1. The number of benzene rings is 1. The highest BCUT2D eigenvalue weighted by Crippen LogP contribution is 2.32. The quantitative estimate of drug-likeness (QED) is 0.807. The average molecular weight is 310 g/mol. The Hall–Kier alpha value is -2.63. The molecule has 1 aliphatic rings. The average Bonchev–Trinajstić information content (AvgIpc) is 3.24. The molecule has 1 amide bonds. The molecule has 0 spiro atoms. The summed E-state index contributed by atoms with van der Waals surface area (Å²) in [5.74, 6) is 1.55. The fourth-order valence-electron chi connectivity index (χ4n) is 3.24. The van der Waals surface area contributed by atoms with Crippen LogP contribution in [-0.4, -0.2) is 32.5 Å². The zero-order valence-electron chi connectivity index (χ0n) is 13.0. The van der Waals surface area contributed by atoms with Crippen LogP contribution < -0.4 is 0 Å². The highest BCUT2D eigenvalue weighted by Gasteiger charge is 2.32. The zero-order chi connectivity index (χ0) is 15.8. The maximum absolute atomic E-state index is 12.7. The second kappa shape index (κ2) is 5.53. The van der Waals surface area contributed by atoms with E-state index in [0.717, 1.165) is 41.9 Å². The summed E-state index contributed by atoms with van der Waals surface area (Å²) in [5, 5.41) is 3.94. The van der Waals surface area contributed by atoms with E-state index < -0.39 is 0 Å². The topological polar surface area (TPSA) is 75.0 Å². The first-order valence-electron chi connectivity index (χ1n) is 7.87. The van der Waals surface area contributed by atoms with Gasteiger partial charge in [-0.05, 0) is 31.9 Å². The van der Waals surface area contributed by atoms with Gasteiger partial charge >= 0.3 is 0 Å². The lowest BCUT2D eigenvalue weighted by Crippen LogP contribution is -2.32. The summed E-state index contributed by atoms with van der Waals surface area (Å²) in [6, 6.07) is 9.71. The van der Waals surface area contributed by atoms with Crippen LogP contribution in [0.1, 0.15) is 36.2 Å². The first-order chi connectivity index (χ1) is 11.2. The summed E-state index contributed by atoms with van der Waals surface area (Å²) in [6.07, 6.45) is 2.18. The van der Waals surface area contributed by atoms with E-state index in [9.17, 15) is 4.79 Å². The van der Waals surface area contributed by atoms with Crippen LogP contribution in [0.3, 0.4) is 0 Å². The van der Waals surface area contributed by atoms with Crippen LogP contribution in [0.2, 0.25) is 0 Å². The van der Waals surface area contributed by atoms with Crippen molar-refractivity contribution in [1.82, 2.24) is 20.0 Å². The molecule has 0 radical (unpaired) electrons. The number of para-hydroxylation sites is 2. The Bertz CT molecular complexity index is 818. The Balaban J connectivity index is 1.53. The second-order valence-electron chi connectivity index (χ2n) is 5.99. The van der Waals surface area contributed by atoms with Crippen LogP contribution in [0.5, 0.6) is 0 Å². The highest BCUT2D eigenvalue weighted by molar-refractivity contribution is 5.81. The van der Waals surface area contributed by atoms with Gasteiger partial charge in [-0.1, -0.05) is 17.3 Å². The number of amides is 1. The van der Waals surface area contributed by atoms with Gasteiger partial charge in [0, 0.05) is 12.6 Å². The lowest BCUT2D eigenvalue weighted by atomic mass is 10.1. The van der Waals surface area contributed by atoms with Gasteiger partial charge in [0.2, 0.25) is 5.91 Å². The molecule has 0 aliphatic carbocycles. The molecule has 6 heteroatoms. The Morgan fingerprint density at radius 2 is 2.30 bits per heavy atom. The number of carbonyl (C=O) groups excluding carboxylic acids is 1. The third kappa shape index (κ3) is 2.60. The van der Waals surface area contributed by atoms with Gasteiger partial charge in [-0.3, -0.25) is 4.79 Å². The molecule has 6 nitrogen and oxygen atoms in total. The van der Waals surface area contributed by atoms with E-state index in [2.05, 4.69) is 15.1 Å². The summed E-state index contributed by atoms with van der Waals surface area (Å²) < 4.78 is 5.36. The SMILES string of the molecule is Cc1cc(C2CCCN2C(=O)Cc2nc3ccccc3[nH]2)on1. The molecule has 0 bridgehead atoms. The number of aromatic amines is 1. The van der Waals surface area contributed by atoms with Crippen molar-refractivity contribution in [2.24, 2.45) is 0 Å². The third-order valence-corrected chi connectivity index (χ3v) is 4.30. The largest absolute Gasteiger partial charge is 0.359 e. The summed E-state index contributed by atoms with van der Waals surface area (Å²) >= 11 is 0. The van der Waals surface area contributed by atoms with Gasteiger partial charge in [0.15, 0.2) is 5.76 Å². The number of nitrogens with zero attached hydrogens (tertiary/aromatic N) is 3. The van der Waals surface area contributed by atoms with E-state index >= 15 is 0 Å². The summed E-state index contributed by atoms with van der Waals surface area (Å²) in [7, 11) is 0. The van der Waals surface area contributed by atoms with Crippen LogP contribution in [0.15, 0.2) is 34.9 Å². The lowest BCUT2D eigenvalue weighted by Gasteiger charge is -2.22. The minimum Gasteiger partial charge on any atom is -0.359 e. The predicted octanol–water partition coefficient (Wildman–Crippen LogP) is 2.77.